The van der Waals surface area contributed by atoms with Crippen molar-refractivity contribution in [3.05, 3.63) is 59.9 Å². The fourth-order valence-electron chi connectivity index (χ4n) is 3.16. The molecule has 0 bridgehead atoms. The molecule has 3 heterocycles. The smallest absolute Gasteiger partial charge is 0.254 e. The minimum atomic E-state index is -0.290. The number of aliphatic hydroxyl groups excluding tert-OH is 1. The average Bonchev–Trinajstić information content (AvgIpc) is 3.17. The molecule has 0 radical (unpaired) electrons. The fourth-order valence-corrected chi connectivity index (χ4v) is 5.06. The van der Waals surface area contributed by atoms with Crippen LogP contribution < -0.4 is 5.32 Å². The maximum Gasteiger partial charge on any atom is 0.254 e. The lowest BCUT2D eigenvalue weighted by atomic mass is 10.0. The largest absolute Gasteiger partial charge is 0.393 e. The molecular formula is C21H22N4O2S2. The molecule has 1 amide bonds. The van der Waals surface area contributed by atoms with Gasteiger partial charge in [0.15, 0.2) is 5.13 Å². The highest BCUT2D eigenvalue weighted by Gasteiger charge is 2.23. The number of carbonyl (C=O) groups excluding carboxylic acids is 1. The molecule has 8 heteroatoms. The van der Waals surface area contributed by atoms with Crippen LogP contribution in [-0.4, -0.2) is 45.1 Å². The van der Waals surface area contributed by atoms with Crippen molar-refractivity contribution < 1.29 is 9.90 Å². The molecule has 0 spiro atoms. The number of nitrogens with one attached hydrogen (secondary N) is 1. The van der Waals surface area contributed by atoms with Gasteiger partial charge in [0.05, 0.1) is 16.5 Å². The van der Waals surface area contributed by atoms with Crippen molar-refractivity contribution in [1.82, 2.24) is 14.9 Å². The molecule has 150 valence electrons. The molecule has 0 atom stereocenters. The van der Waals surface area contributed by atoms with Crippen LogP contribution in [0.3, 0.4) is 0 Å². The Hall–Kier alpha value is -2.42. The molecule has 0 saturated carbocycles. The Morgan fingerprint density at radius 1 is 1.24 bits per heavy atom. The number of amides is 1. The second kappa shape index (κ2) is 8.94. The Kier molecular flexibility index (Phi) is 6.13. The Labute approximate surface area is 178 Å². The molecule has 0 unspecified atom stereocenters. The third kappa shape index (κ3) is 4.95. The van der Waals surface area contributed by atoms with Crippen LogP contribution in [0, 0.1) is 6.92 Å². The first kappa shape index (κ1) is 19.9. The Bertz CT molecular complexity index is 985. The van der Waals surface area contributed by atoms with E-state index in [9.17, 15) is 9.90 Å². The summed E-state index contributed by atoms with van der Waals surface area (Å²) in [6.45, 7) is 3.17. The number of nitrogens with zero attached hydrogens (tertiary/aromatic N) is 3. The van der Waals surface area contributed by atoms with Gasteiger partial charge < -0.3 is 15.3 Å². The van der Waals surface area contributed by atoms with E-state index in [0.717, 1.165) is 31.2 Å². The Balaban J connectivity index is 1.46. The molecule has 1 saturated heterocycles. The predicted molar refractivity (Wildman–Crippen MR) is 116 cm³/mol. The van der Waals surface area contributed by atoms with Crippen molar-refractivity contribution >= 4 is 40.0 Å². The molecule has 3 aromatic rings. The molecule has 4 rings (SSSR count). The summed E-state index contributed by atoms with van der Waals surface area (Å²) in [6, 6.07) is 11.7. The molecular weight excluding hydrogens is 404 g/mol. The second-order valence-corrected chi connectivity index (χ2v) is 9.33. The average molecular weight is 427 g/mol. The van der Waals surface area contributed by atoms with Crippen LogP contribution in [0.2, 0.25) is 0 Å². The number of hydrogen-bond acceptors (Lipinski definition) is 7. The number of anilines is 2. The monoisotopic (exact) mass is 426 g/mol. The van der Waals surface area contributed by atoms with E-state index in [0.29, 0.717) is 25.9 Å². The van der Waals surface area contributed by atoms with Gasteiger partial charge in [-0.25, -0.2) is 9.97 Å². The Morgan fingerprint density at radius 2 is 2.07 bits per heavy atom. The highest BCUT2D eigenvalue weighted by atomic mass is 32.2. The fraction of sp³-hybridized carbons (Fsp3) is 0.286. The van der Waals surface area contributed by atoms with Gasteiger partial charge in [-0.3, -0.25) is 4.79 Å². The highest BCUT2D eigenvalue weighted by Crippen LogP contribution is 2.35. The Morgan fingerprint density at radius 3 is 2.83 bits per heavy atom. The number of thiazole rings is 1. The topological polar surface area (TPSA) is 78.4 Å². The summed E-state index contributed by atoms with van der Waals surface area (Å²) in [6.07, 6.45) is 4.56. The van der Waals surface area contributed by atoms with Crippen LogP contribution in [0.25, 0.3) is 0 Å². The van der Waals surface area contributed by atoms with E-state index in [1.54, 1.807) is 29.3 Å². The van der Waals surface area contributed by atoms with Gasteiger partial charge in [0.25, 0.3) is 5.91 Å². The van der Waals surface area contributed by atoms with Gasteiger partial charge in [0, 0.05) is 29.7 Å². The van der Waals surface area contributed by atoms with Gasteiger partial charge >= 0.3 is 0 Å². The number of likely N-dealkylation sites (tertiary alicyclic amines) is 1. The lowest BCUT2D eigenvalue weighted by molar-refractivity contribution is 0.0545. The maximum atomic E-state index is 12.9. The standard InChI is InChI=1S/C21H22N4O2S2/c1-14-5-6-16(12-17(14)20(27)25-10-7-15(26)8-11-25)28-19-13-23-21(29-19)24-18-4-2-3-9-22-18/h2-6,9,12-13,15,26H,7-8,10-11H2,1H3,(H,22,23,24). The molecule has 2 N–H and O–H groups in total. The number of hydrogen-bond donors (Lipinski definition) is 2. The van der Waals surface area contributed by atoms with Crippen LogP contribution in [-0.2, 0) is 0 Å². The van der Waals surface area contributed by atoms with E-state index in [2.05, 4.69) is 15.3 Å². The van der Waals surface area contributed by atoms with E-state index in [1.807, 2.05) is 54.4 Å². The third-order valence-corrected chi connectivity index (χ3v) is 6.80. The summed E-state index contributed by atoms with van der Waals surface area (Å²) < 4.78 is 1.03. The minimum absolute atomic E-state index is 0.0404. The zero-order chi connectivity index (χ0) is 20.2. The molecule has 6 nitrogen and oxygen atoms in total. The van der Waals surface area contributed by atoms with Gasteiger partial charge in [0.2, 0.25) is 0 Å². The lowest BCUT2D eigenvalue weighted by Gasteiger charge is -2.30. The zero-order valence-corrected chi connectivity index (χ0v) is 17.7. The highest BCUT2D eigenvalue weighted by molar-refractivity contribution is 8.01. The van der Waals surface area contributed by atoms with Crippen molar-refractivity contribution in [3.8, 4) is 0 Å². The summed E-state index contributed by atoms with van der Waals surface area (Å²) in [5.41, 5.74) is 1.69. The lowest BCUT2D eigenvalue weighted by Crippen LogP contribution is -2.40. The molecule has 1 aliphatic rings. The van der Waals surface area contributed by atoms with Gasteiger partial charge in [-0.2, -0.15) is 0 Å². The summed E-state index contributed by atoms with van der Waals surface area (Å²) in [5, 5.41) is 13.7. The van der Waals surface area contributed by atoms with Crippen LogP contribution in [0.4, 0.5) is 10.9 Å². The first-order valence-electron chi connectivity index (χ1n) is 9.48. The van der Waals surface area contributed by atoms with Gasteiger partial charge in [0.1, 0.15) is 5.82 Å². The zero-order valence-electron chi connectivity index (χ0n) is 16.0. The first-order valence-corrected chi connectivity index (χ1v) is 11.1. The minimum Gasteiger partial charge on any atom is -0.393 e. The van der Waals surface area contributed by atoms with Crippen molar-refractivity contribution in [2.24, 2.45) is 0 Å². The number of pyridine rings is 1. The number of carbonyl (C=O) groups is 1. The normalized spacial score (nSPS) is 14.8. The SMILES string of the molecule is Cc1ccc(Sc2cnc(Nc3ccccn3)s2)cc1C(=O)N1CCC(O)CC1. The summed E-state index contributed by atoms with van der Waals surface area (Å²) in [4.78, 5) is 24.4. The van der Waals surface area contributed by atoms with Crippen molar-refractivity contribution in [2.75, 3.05) is 18.4 Å². The van der Waals surface area contributed by atoms with E-state index < -0.39 is 0 Å². The van der Waals surface area contributed by atoms with Crippen LogP contribution in [0.5, 0.6) is 0 Å². The summed E-state index contributed by atoms with van der Waals surface area (Å²) in [7, 11) is 0. The van der Waals surface area contributed by atoms with Crippen molar-refractivity contribution in [3.63, 3.8) is 0 Å². The quantitative estimate of drug-likeness (QED) is 0.632. The van der Waals surface area contributed by atoms with Crippen molar-refractivity contribution in [2.45, 2.75) is 35.0 Å². The van der Waals surface area contributed by atoms with Gasteiger partial charge in [-0.05, 0) is 49.6 Å². The number of rotatable bonds is 5. The van der Waals surface area contributed by atoms with E-state index in [4.69, 9.17) is 0 Å². The maximum absolute atomic E-state index is 12.9. The number of aryl methyl sites for hydroxylation is 1. The van der Waals surface area contributed by atoms with Crippen LogP contribution >= 0.6 is 23.1 Å². The summed E-state index contributed by atoms with van der Waals surface area (Å²) >= 11 is 3.14. The summed E-state index contributed by atoms with van der Waals surface area (Å²) in [5.74, 6) is 0.798. The second-order valence-electron chi connectivity index (χ2n) is 6.93. The first-order chi connectivity index (χ1) is 14.1. The number of aromatic nitrogens is 2. The predicted octanol–water partition coefficient (Wildman–Crippen LogP) is 4.34. The number of aliphatic hydroxyl groups is 1. The van der Waals surface area contributed by atoms with E-state index >= 15 is 0 Å². The number of benzene rings is 1. The van der Waals surface area contributed by atoms with Crippen LogP contribution in [0.1, 0.15) is 28.8 Å². The van der Waals surface area contributed by atoms with E-state index in [1.165, 1.54) is 0 Å². The molecule has 1 aromatic carbocycles. The van der Waals surface area contributed by atoms with Gasteiger partial charge in [-0.15, -0.1) is 0 Å². The van der Waals surface area contributed by atoms with Crippen molar-refractivity contribution in [1.29, 1.82) is 0 Å². The molecule has 0 aliphatic carbocycles. The molecule has 1 fully saturated rings. The van der Waals surface area contributed by atoms with E-state index in [-0.39, 0.29) is 12.0 Å². The molecule has 1 aliphatic heterocycles. The van der Waals surface area contributed by atoms with Gasteiger partial charge in [-0.1, -0.05) is 35.2 Å². The molecule has 2 aromatic heterocycles. The van der Waals surface area contributed by atoms with Crippen LogP contribution in [0.15, 0.2) is 57.9 Å². The number of piperidine rings is 1. The molecule has 29 heavy (non-hydrogen) atoms. The third-order valence-electron chi connectivity index (χ3n) is 4.79.